The lowest BCUT2D eigenvalue weighted by Crippen LogP contribution is -2.52. The highest BCUT2D eigenvalue weighted by Gasteiger charge is 2.40. The van der Waals surface area contributed by atoms with Crippen molar-refractivity contribution in [3.63, 3.8) is 0 Å². The van der Waals surface area contributed by atoms with Gasteiger partial charge in [-0.15, -0.1) is 0 Å². The molecule has 2 saturated heterocycles. The first-order valence-electron chi connectivity index (χ1n) is 22.2. The molecule has 3 aliphatic rings. The summed E-state index contributed by atoms with van der Waals surface area (Å²) in [5.41, 5.74) is 5.18. The van der Waals surface area contributed by atoms with Crippen molar-refractivity contribution in [2.75, 3.05) is 45.9 Å². The predicted octanol–water partition coefficient (Wildman–Crippen LogP) is 6.44. The molecule has 9 rings (SSSR count). The van der Waals surface area contributed by atoms with Gasteiger partial charge < -0.3 is 28.9 Å². The number of halogens is 3. The van der Waals surface area contributed by atoms with Crippen LogP contribution in [0.15, 0.2) is 60.7 Å². The number of piperazine rings is 1. The molecule has 15 nitrogen and oxygen atoms in total. The fourth-order valence-corrected chi connectivity index (χ4v) is 9.99. The Morgan fingerprint density at radius 2 is 1.70 bits per heavy atom. The molecule has 1 atom stereocenters. The molecule has 0 aliphatic carbocycles. The Labute approximate surface area is 388 Å². The van der Waals surface area contributed by atoms with Crippen LogP contribution in [-0.4, -0.2) is 116 Å². The SMILES string of the molecule is Cc1nn(C)c(C)c1-c1c(Cl)ccc2c(CCCOc3cccc4cc(F)ccc34)c(C(=O)O)n(CCN3CCN(C(=O)COc4cc5c(cc4F)C(=O)N(C4CCC(=O)NC4=O)C5)CC3)c12. The van der Waals surface area contributed by atoms with Crippen molar-refractivity contribution < 1.29 is 47.3 Å². The molecule has 4 aromatic carbocycles. The number of hydrogen-bond donors (Lipinski definition) is 2. The average Bonchev–Trinajstić information content (AvgIpc) is 3.88. The summed E-state index contributed by atoms with van der Waals surface area (Å²) in [6.45, 7) is 6.15. The maximum Gasteiger partial charge on any atom is 0.352 e. The van der Waals surface area contributed by atoms with E-state index in [0.717, 1.165) is 33.8 Å². The number of rotatable bonds is 14. The van der Waals surface area contributed by atoms with E-state index in [2.05, 4.69) is 15.3 Å². The number of nitrogens with one attached hydrogen (secondary N) is 1. The van der Waals surface area contributed by atoms with Crippen molar-refractivity contribution in [1.29, 1.82) is 0 Å². The Hall–Kier alpha value is -6.85. The van der Waals surface area contributed by atoms with Gasteiger partial charge in [0.15, 0.2) is 18.2 Å². The molecule has 3 aliphatic heterocycles. The Kier molecular flexibility index (Phi) is 12.5. The van der Waals surface area contributed by atoms with Crippen molar-refractivity contribution in [3.05, 3.63) is 111 Å². The van der Waals surface area contributed by atoms with Crippen LogP contribution in [0.3, 0.4) is 0 Å². The van der Waals surface area contributed by atoms with Crippen molar-refractivity contribution in [2.45, 2.75) is 58.7 Å². The number of aromatic nitrogens is 3. The average molecular weight is 936 g/mol. The molecule has 2 fully saturated rings. The topological polar surface area (TPSA) is 169 Å². The molecule has 67 heavy (non-hydrogen) atoms. The number of ether oxygens (including phenoxy) is 2. The van der Waals surface area contributed by atoms with E-state index >= 15 is 4.39 Å². The van der Waals surface area contributed by atoms with Gasteiger partial charge in [0.1, 0.15) is 23.3 Å². The van der Waals surface area contributed by atoms with Crippen molar-refractivity contribution in [1.82, 2.24) is 34.4 Å². The quantitative estimate of drug-likeness (QED) is 0.0917. The first kappa shape index (κ1) is 45.3. The number of fused-ring (bicyclic) bond motifs is 3. The van der Waals surface area contributed by atoms with Crippen LogP contribution in [0, 0.1) is 25.5 Å². The van der Waals surface area contributed by atoms with Gasteiger partial charge in [0, 0.05) is 92.4 Å². The lowest BCUT2D eigenvalue weighted by molar-refractivity contribution is -0.137. The molecule has 5 heterocycles. The van der Waals surface area contributed by atoms with Gasteiger partial charge in [0.2, 0.25) is 11.8 Å². The van der Waals surface area contributed by atoms with E-state index < -0.39 is 42.2 Å². The Morgan fingerprint density at radius 3 is 2.43 bits per heavy atom. The third-order valence-electron chi connectivity index (χ3n) is 13.2. The Bertz CT molecular complexity index is 3010. The smallest absolute Gasteiger partial charge is 0.352 e. The Morgan fingerprint density at radius 1 is 0.925 bits per heavy atom. The molecule has 0 saturated carbocycles. The number of carboxylic acids is 1. The van der Waals surface area contributed by atoms with Crippen LogP contribution in [0.2, 0.25) is 5.02 Å². The molecule has 348 valence electrons. The third kappa shape index (κ3) is 8.68. The van der Waals surface area contributed by atoms with Crippen LogP contribution in [-0.2, 0) is 40.9 Å². The highest BCUT2D eigenvalue weighted by Crippen LogP contribution is 2.42. The highest BCUT2D eigenvalue weighted by molar-refractivity contribution is 6.35. The zero-order valence-electron chi connectivity index (χ0n) is 37.2. The molecular formula is C49H48ClF2N7O8. The zero-order valence-corrected chi connectivity index (χ0v) is 37.9. The molecule has 0 bridgehead atoms. The number of nitrogens with zero attached hydrogens (tertiary/aromatic N) is 6. The van der Waals surface area contributed by atoms with Crippen molar-refractivity contribution in [2.24, 2.45) is 7.05 Å². The minimum absolute atomic E-state index is 0.0323. The Balaban J connectivity index is 0.887. The van der Waals surface area contributed by atoms with E-state index in [4.69, 9.17) is 21.1 Å². The summed E-state index contributed by atoms with van der Waals surface area (Å²) in [5, 5.41) is 20.5. The third-order valence-corrected chi connectivity index (χ3v) is 13.5. The van der Waals surface area contributed by atoms with Crippen LogP contribution >= 0.6 is 11.6 Å². The summed E-state index contributed by atoms with van der Waals surface area (Å²) in [5.74, 6) is -3.68. The number of carbonyl (C=O) groups is 5. The summed E-state index contributed by atoms with van der Waals surface area (Å²) in [4.78, 5) is 69.0. The number of carbonyl (C=O) groups excluding carboxylic acids is 4. The second-order valence-electron chi connectivity index (χ2n) is 17.2. The minimum atomic E-state index is -1.08. The lowest BCUT2D eigenvalue weighted by Gasteiger charge is -2.35. The van der Waals surface area contributed by atoms with Crippen LogP contribution in [0.4, 0.5) is 8.78 Å². The monoisotopic (exact) mass is 935 g/mol. The van der Waals surface area contributed by atoms with Crippen LogP contribution in [0.1, 0.15) is 62.6 Å². The summed E-state index contributed by atoms with van der Waals surface area (Å²) in [7, 11) is 1.85. The van der Waals surface area contributed by atoms with Crippen LogP contribution in [0.5, 0.6) is 11.5 Å². The van der Waals surface area contributed by atoms with Crippen molar-refractivity contribution >= 4 is 62.9 Å². The number of aryl methyl sites for hydroxylation is 3. The molecule has 0 spiro atoms. The number of piperidine rings is 1. The zero-order chi connectivity index (χ0) is 47.3. The normalized spacial score (nSPS) is 16.6. The molecule has 2 N–H and O–H groups in total. The minimum Gasteiger partial charge on any atom is -0.493 e. The van der Waals surface area contributed by atoms with E-state index in [-0.39, 0.29) is 54.7 Å². The van der Waals surface area contributed by atoms with Crippen molar-refractivity contribution in [3.8, 4) is 22.6 Å². The molecule has 0 radical (unpaired) electrons. The first-order valence-corrected chi connectivity index (χ1v) is 22.5. The van der Waals surface area contributed by atoms with Gasteiger partial charge in [-0.25, -0.2) is 13.6 Å². The van der Waals surface area contributed by atoms with Crippen LogP contribution < -0.4 is 14.8 Å². The molecule has 1 unspecified atom stereocenters. The molecule has 4 amide bonds. The number of hydrogen-bond acceptors (Lipinski definition) is 9. The van der Waals surface area contributed by atoms with Gasteiger partial charge in [-0.3, -0.25) is 34.1 Å². The molecule has 18 heteroatoms. The molecule has 2 aromatic heterocycles. The standard InChI is InChI=1S/C49H48ClF2N7O8/c1-27-43(28(2)55(3)54-27)44-36(50)12-11-34-33(7-5-21-66-39-8-4-6-29-22-31(51)9-10-32(29)39)46(49(64)65)58(45(34)44)20-17-56-15-18-57(19-16-56)42(61)26-67-40-23-30-25-59(48(63)35(30)24-37(40)52)38-13-14-41(60)53-47(38)62/h4,6,8-12,22-24,38H,5,7,13-21,25-26H2,1-3H3,(H,64,65)(H,53,60,62). The van der Waals surface area contributed by atoms with Gasteiger partial charge >= 0.3 is 5.97 Å². The van der Waals surface area contributed by atoms with Gasteiger partial charge in [0.05, 0.1) is 22.8 Å². The van der Waals surface area contributed by atoms with E-state index in [0.29, 0.717) is 90.5 Å². The second-order valence-corrected chi connectivity index (χ2v) is 17.6. The van der Waals surface area contributed by atoms with Gasteiger partial charge in [-0.1, -0.05) is 29.8 Å². The number of aromatic carboxylic acids is 1. The summed E-state index contributed by atoms with van der Waals surface area (Å²) < 4.78 is 44.6. The fraction of sp³-hybridized carbons (Fsp3) is 0.347. The maximum absolute atomic E-state index is 15.2. The number of amides is 4. The number of imide groups is 1. The number of benzene rings is 4. The molecular weight excluding hydrogens is 888 g/mol. The summed E-state index contributed by atoms with van der Waals surface area (Å²) >= 11 is 7.04. The fourth-order valence-electron chi connectivity index (χ4n) is 9.74. The highest BCUT2D eigenvalue weighted by atomic mass is 35.5. The van der Waals surface area contributed by atoms with E-state index in [1.165, 1.54) is 23.1 Å². The van der Waals surface area contributed by atoms with E-state index in [1.807, 2.05) is 43.7 Å². The van der Waals surface area contributed by atoms with Gasteiger partial charge in [-0.05, 0) is 92.1 Å². The lowest BCUT2D eigenvalue weighted by atomic mass is 9.98. The predicted molar refractivity (Wildman–Crippen MR) is 244 cm³/mol. The summed E-state index contributed by atoms with van der Waals surface area (Å²) in [6.07, 6.45) is 1.13. The van der Waals surface area contributed by atoms with Gasteiger partial charge in [-0.2, -0.15) is 5.10 Å². The molecule has 6 aromatic rings. The number of carboxylic acid groups (broad SMARTS) is 1. The van der Waals surface area contributed by atoms with Crippen LogP contribution in [0.25, 0.3) is 32.8 Å². The summed E-state index contributed by atoms with van der Waals surface area (Å²) in [6, 6.07) is 15.2. The maximum atomic E-state index is 15.2. The van der Waals surface area contributed by atoms with E-state index in [9.17, 15) is 33.5 Å². The first-order chi connectivity index (χ1) is 32.2. The van der Waals surface area contributed by atoms with Gasteiger partial charge in [0.25, 0.3) is 11.8 Å². The second kappa shape index (κ2) is 18.4. The van der Waals surface area contributed by atoms with E-state index in [1.54, 1.807) is 27.8 Å². The largest absolute Gasteiger partial charge is 0.493 e.